The highest BCUT2D eigenvalue weighted by atomic mass is 35.5. The summed E-state index contributed by atoms with van der Waals surface area (Å²) >= 11 is 6.12. The maximum Gasteiger partial charge on any atom is 0.156 e. The molecule has 1 aromatic carbocycles. The molecule has 84 valence electrons. The lowest BCUT2D eigenvalue weighted by Crippen LogP contribution is -1.93. The first-order valence-electron chi connectivity index (χ1n) is 5.14. The van der Waals surface area contributed by atoms with Crippen molar-refractivity contribution < 1.29 is 0 Å². The van der Waals surface area contributed by atoms with Crippen LogP contribution in [0, 0.1) is 0 Å². The number of aromatic nitrogens is 2. The van der Waals surface area contributed by atoms with Gasteiger partial charge in [-0.2, -0.15) is 0 Å². The standard InChI is InChI=1S/C14H11ClN2/c1-3-7-10(4-2)13-14(15)17-12-9-6-5-8-11(12)16-13/h3-9H,1-2H2/b10-7+. The smallest absolute Gasteiger partial charge is 0.156 e. The Balaban J connectivity index is 2.69. The molecule has 0 bridgehead atoms. The van der Waals surface area contributed by atoms with Crippen LogP contribution in [0.1, 0.15) is 5.69 Å². The third-order valence-corrected chi connectivity index (χ3v) is 2.58. The highest BCUT2D eigenvalue weighted by Crippen LogP contribution is 2.23. The quantitative estimate of drug-likeness (QED) is 0.760. The zero-order valence-electron chi connectivity index (χ0n) is 9.23. The molecule has 0 aliphatic carbocycles. The molecule has 0 atom stereocenters. The summed E-state index contributed by atoms with van der Waals surface area (Å²) < 4.78 is 0. The van der Waals surface area contributed by atoms with E-state index < -0.39 is 0 Å². The van der Waals surface area contributed by atoms with Gasteiger partial charge in [-0.1, -0.05) is 55.1 Å². The molecule has 0 spiro atoms. The zero-order chi connectivity index (χ0) is 12.3. The first-order valence-corrected chi connectivity index (χ1v) is 5.52. The number of fused-ring (bicyclic) bond motifs is 1. The maximum atomic E-state index is 6.12. The van der Waals surface area contributed by atoms with Crippen molar-refractivity contribution in [2.45, 2.75) is 0 Å². The predicted molar refractivity (Wildman–Crippen MR) is 72.9 cm³/mol. The Morgan fingerprint density at radius 3 is 2.35 bits per heavy atom. The van der Waals surface area contributed by atoms with Crippen LogP contribution in [-0.4, -0.2) is 9.97 Å². The zero-order valence-corrected chi connectivity index (χ0v) is 9.98. The van der Waals surface area contributed by atoms with Crippen LogP contribution in [0.3, 0.4) is 0 Å². The van der Waals surface area contributed by atoms with Crippen molar-refractivity contribution >= 4 is 28.2 Å². The molecule has 0 N–H and O–H groups in total. The van der Waals surface area contributed by atoms with E-state index in [9.17, 15) is 0 Å². The van der Waals surface area contributed by atoms with Gasteiger partial charge in [-0.15, -0.1) is 0 Å². The SMILES string of the molecule is C=C/C=C(\C=C)c1nc2ccccc2nc1Cl. The lowest BCUT2D eigenvalue weighted by Gasteiger charge is -2.05. The Hall–Kier alpha value is -1.93. The van der Waals surface area contributed by atoms with Crippen LogP contribution in [0.5, 0.6) is 0 Å². The summed E-state index contributed by atoms with van der Waals surface area (Å²) in [5, 5.41) is 0.372. The van der Waals surface area contributed by atoms with Gasteiger partial charge in [0.1, 0.15) is 5.69 Å². The number of halogens is 1. The average molecular weight is 243 g/mol. The molecule has 0 saturated carbocycles. The Morgan fingerprint density at radius 1 is 1.12 bits per heavy atom. The Kier molecular flexibility index (Phi) is 3.35. The molecule has 0 aliphatic heterocycles. The van der Waals surface area contributed by atoms with E-state index in [-0.39, 0.29) is 0 Å². The number of allylic oxidation sites excluding steroid dienone is 4. The largest absolute Gasteiger partial charge is 0.243 e. The van der Waals surface area contributed by atoms with Crippen LogP contribution in [-0.2, 0) is 0 Å². The van der Waals surface area contributed by atoms with Crippen LogP contribution in [0.25, 0.3) is 16.6 Å². The van der Waals surface area contributed by atoms with Crippen molar-refractivity contribution in [1.29, 1.82) is 0 Å². The van der Waals surface area contributed by atoms with Crippen LogP contribution < -0.4 is 0 Å². The summed E-state index contributed by atoms with van der Waals surface area (Å²) in [7, 11) is 0. The van der Waals surface area contributed by atoms with Gasteiger partial charge < -0.3 is 0 Å². The highest BCUT2D eigenvalue weighted by Gasteiger charge is 2.08. The summed E-state index contributed by atoms with van der Waals surface area (Å²) in [6, 6.07) is 7.60. The Bertz CT molecular complexity index is 615. The van der Waals surface area contributed by atoms with E-state index in [1.165, 1.54) is 0 Å². The molecule has 0 unspecified atom stereocenters. The normalized spacial score (nSPS) is 11.5. The van der Waals surface area contributed by atoms with Gasteiger partial charge >= 0.3 is 0 Å². The van der Waals surface area contributed by atoms with Gasteiger partial charge in [-0.3, -0.25) is 0 Å². The summed E-state index contributed by atoms with van der Waals surface area (Å²) in [4.78, 5) is 8.79. The van der Waals surface area contributed by atoms with Gasteiger partial charge in [0.25, 0.3) is 0 Å². The number of para-hydroxylation sites is 2. The van der Waals surface area contributed by atoms with Gasteiger partial charge in [0.2, 0.25) is 0 Å². The fourth-order valence-corrected chi connectivity index (χ4v) is 1.78. The van der Waals surface area contributed by atoms with Crippen molar-refractivity contribution in [3.63, 3.8) is 0 Å². The van der Waals surface area contributed by atoms with Gasteiger partial charge in [-0.05, 0) is 12.1 Å². The number of rotatable bonds is 3. The molecule has 1 heterocycles. The van der Waals surface area contributed by atoms with Crippen LogP contribution in [0.2, 0.25) is 5.15 Å². The fourth-order valence-electron chi connectivity index (χ4n) is 1.53. The minimum atomic E-state index is 0.372. The van der Waals surface area contributed by atoms with E-state index >= 15 is 0 Å². The molecule has 0 amide bonds. The first-order chi connectivity index (χ1) is 8.26. The molecule has 1 aromatic heterocycles. The summed E-state index contributed by atoms with van der Waals surface area (Å²) in [5.41, 5.74) is 3.02. The molecule has 0 fully saturated rings. The highest BCUT2D eigenvalue weighted by molar-refractivity contribution is 6.31. The lowest BCUT2D eigenvalue weighted by molar-refractivity contribution is 1.25. The van der Waals surface area contributed by atoms with Crippen molar-refractivity contribution in [3.8, 4) is 0 Å². The molecule has 17 heavy (non-hydrogen) atoms. The number of benzene rings is 1. The number of hydrogen-bond acceptors (Lipinski definition) is 2. The van der Waals surface area contributed by atoms with Crippen molar-refractivity contribution in [3.05, 3.63) is 66.5 Å². The summed E-state index contributed by atoms with van der Waals surface area (Å²) in [6.07, 6.45) is 5.16. The maximum absolute atomic E-state index is 6.12. The molecule has 2 rings (SSSR count). The Morgan fingerprint density at radius 2 is 1.76 bits per heavy atom. The van der Waals surface area contributed by atoms with E-state index in [0.29, 0.717) is 10.8 Å². The van der Waals surface area contributed by atoms with Crippen molar-refractivity contribution in [1.82, 2.24) is 9.97 Å². The second-order valence-corrected chi connectivity index (χ2v) is 3.77. The molecule has 2 nitrogen and oxygen atoms in total. The first kappa shape index (κ1) is 11.6. The second-order valence-electron chi connectivity index (χ2n) is 3.41. The predicted octanol–water partition coefficient (Wildman–Crippen LogP) is 4.04. The van der Waals surface area contributed by atoms with E-state index in [0.717, 1.165) is 16.6 Å². The van der Waals surface area contributed by atoms with E-state index in [4.69, 9.17) is 11.6 Å². The summed E-state index contributed by atoms with van der Waals surface area (Å²) in [5.74, 6) is 0. The van der Waals surface area contributed by atoms with E-state index in [2.05, 4.69) is 23.1 Å². The molecule has 0 radical (unpaired) electrons. The third-order valence-electron chi connectivity index (χ3n) is 2.32. The molecular weight excluding hydrogens is 232 g/mol. The fraction of sp³-hybridized carbons (Fsp3) is 0. The average Bonchev–Trinajstić information content (AvgIpc) is 2.35. The summed E-state index contributed by atoms with van der Waals surface area (Å²) in [6.45, 7) is 7.39. The molecular formula is C14H11ClN2. The van der Waals surface area contributed by atoms with Gasteiger partial charge in [0.05, 0.1) is 11.0 Å². The minimum Gasteiger partial charge on any atom is -0.243 e. The molecule has 0 aliphatic rings. The molecule has 2 aromatic rings. The minimum absolute atomic E-state index is 0.372. The van der Waals surface area contributed by atoms with Crippen molar-refractivity contribution in [2.24, 2.45) is 0 Å². The van der Waals surface area contributed by atoms with Gasteiger partial charge in [0.15, 0.2) is 5.15 Å². The van der Waals surface area contributed by atoms with Gasteiger partial charge in [0, 0.05) is 5.57 Å². The van der Waals surface area contributed by atoms with Crippen molar-refractivity contribution in [2.75, 3.05) is 0 Å². The third kappa shape index (κ3) is 2.27. The number of hydrogen-bond donors (Lipinski definition) is 0. The van der Waals surface area contributed by atoms with Crippen LogP contribution in [0.4, 0.5) is 0 Å². The van der Waals surface area contributed by atoms with Crippen LogP contribution in [0.15, 0.2) is 55.7 Å². The Labute approximate surface area is 105 Å². The molecule has 0 saturated heterocycles. The van der Waals surface area contributed by atoms with E-state index in [1.807, 2.05) is 24.3 Å². The van der Waals surface area contributed by atoms with Gasteiger partial charge in [-0.25, -0.2) is 9.97 Å². The number of nitrogens with zero attached hydrogens (tertiary/aromatic N) is 2. The lowest BCUT2D eigenvalue weighted by atomic mass is 10.1. The topological polar surface area (TPSA) is 25.8 Å². The van der Waals surface area contributed by atoms with E-state index in [1.54, 1.807) is 18.2 Å². The second kappa shape index (κ2) is 4.93. The monoisotopic (exact) mass is 242 g/mol. The molecule has 3 heteroatoms. The van der Waals surface area contributed by atoms with Crippen LogP contribution >= 0.6 is 11.6 Å².